The van der Waals surface area contributed by atoms with Gasteiger partial charge in [-0.05, 0) is 69.6 Å². The molecule has 176 valence electrons. The predicted molar refractivity (Wildman–Crippen MR) is 131 cm³/mol. The van der Waals surface area contributed by atoms with Gasteiger partial charge in [0.15, 0.2) is 0 Å². The number of likely N-dealkylation sites (tertiary alicyclic amines) is 1. The fraction of sp³-hybridized carbons (Fsp3) is 0.400. The maximum absolute atomic E-state index is 11.6. The van der Waals surface area contributed by atoms with E-state index in [-0.39, 0.29) is 6.99 Å². The summed E-state index contributed by atoms with van der Waals surface area (Å²) in [6.07, 6.45) is 6.91. The Morgan fingerprint density at radius 3 is 2.88 bits per heavy atom. The van der Waals surface area contributed by atoms with Crippen LogP contribution < -0.4 is 15.6 Å². The number of nitrogens with zero attached hydrogens (tertiary/aromatic N) is 3. The quantitative estimate of drug-likeness (QED) is 0.422. The molecule has 0 atom stereocenters. The maximum Gasteiger partial charge on any atom is 0.248 e. The zero-order valence-electron chi connectivity index (χ0n) is 19.0. The van der Waals surface area contributed by atoms with Crippen molar-refractivity contribution in [1.82, 2.24) is 19.9 Å². The third kappa shape index (κ3) is 6.63. The predicted octanol–water partition coefficient (Wildman–Crippen LogP) is 4.22. The first kappa shape index (κ1) is 22.9. The van der Waals surface area contributed by atoms with E-state index in [2.05, 4.69) is 25.2 Å². The van der Waals surface area contributed by atoms with Gasteiger partial charge in [0.05, 0.1) is 18.9 Å². The highest BCUT2D eigenvalue weighted by molar-refractivity contribution is 5.62. The highest BCUT2D eigenvalue weighted by Crippen LogP contribution is 2.26. The molecule has 0 saturated carbocycles. The van der Waals surface area contributed by atoms with Crippen LogP contribution in [0.4, 0.5) is 11.6 Å². The molecule has 3 heterocycles. The highest BCUT2D eigenvalue weighted by atomic mass is 16.5. The van der Waals surface area contributed by atoms with Gasteiger partial charge in [0.25, 0.3) is 0 Å². The number of ether oxygens (including phenoxy) is 2. The van der Waals surface area contributed by atoms with E-state index in [0.29, 0.717) is 31.5 Å². The Bertz CT molecular complexity index is 1100. The Hall–Kier alpha value is -3.23. The number of aromatic amines is 1. The van der Waals surface area contributed by atoms with Crippen molar-refractivity contribution in [3.05, 3.63) is 64.7 Å². The lowest BCUT2D eigenvalue weighted by atomic mass is 10.2. The van der Waals surface area contributed by atoms with Gasteiger partial charge in [-0.2, -0.15) is 0 Å². The number of pyridine rings is 1. The summed E-state index contributed by atoms with van der Waals surface area (Å²) in [5, 5.41) is 3.25. The fourth-order valence-electron chi connectivity index (χ4n) is 3.91. The number of anilines is 2. The second-order valence-electron chi connectivity index (χ2n) is 8.04. The minimum absolute atomic E-state index is 0. The molecule has 1 aliphatic rings. The topological polar surface area (TPSA) is 92.4 Å². The summed E-state index contributed by atoms with van der Waals surface area (Å²) in [4.78, 5) is 25.6. The lowest BCUT2D eigenvalue weighted by Crippen LogP contribution is -2.22. The molecule has 0 bridgehead atoms. The van der Waals surface area contributed by atoms with Crippen molar-refractivity contribution in [1.29, 1.82) is 0 Å². The lowest BCUT2D eigenvalue weighted by molar-refractivity contribution is 0.131. The van der Waals surface area contributed by atoms with E-state index in [9.17, 15) is 4.79 Å². The van der Waals surface area contributed by atoms with E-state index < -0.39 is 0 Å². The molecular formula is C25H33N5O3. The molecule has 8 nitrogen and oxygen atoms in total. The number of H-pyrrole nitrogens is 1. The van der Waals surface area contributed by atoms with E-state index in [1.807, 2.05) is 31.2 Å². The normalized spacial score (nSPS) is 13.8. The van der Waals surface area contributed by atoms with Crippen molar-refractivity contribution in [3.8, 4) is 17.0 Å². The van der Waals surface area contributed by atoms with Crippen molar-refractivity contribution >= 4 is 11.6 Å². The van der Waals surface area contributed by atoms with Crippen LogP contribution in [0.3, 0.4) is 0 Å². The summed E-state index contributed by atoms with van der Waals surface area (Å²) in [6, 6.07) is 11.0. The molecule has 33 heavy (non-hydrogen) atoms. The highest BCUT2D eigenvalue weighted by Gasteiger charge is 2.12. The van der Waals surface area contributed by atoms with E-state index in [4.69, 9.17) is 9.47 Å². The van der Waals surface area contributed by atoms with Crippen LogP contribution in [0.1, 0.15) is 33.2 Å². The maximum atomic E-state index is 11.6. The average Bonchev–Trinajstić information content (AvgIpc) is 3.35. The minimum atomic E-state index is -0.169. The van der Waals surface area contributed by atoms with E-state index in [1.165, 1.54) is 32.0 Å². The summed E-state index contributed by atoms with van der Waals surface area (Å²) in [7, 11) is 0. The molecule has 1 saturated heterocycles. The van der Waals surface area contributed by atoms with Crippen molar-refractivity contribution < 1.29 is 10.9 Å². The molecule has 1 fully saturated rings. The van der Waals surface area contributed by atoms with Crippen LogP contribution >= 0.6 is 0 Å². The molecule has 4 rings (SSSR count). The summed E-state index contributed by atoms with van der Waals surface area (Å²) >= 11 is 0. The summed E-state index contributed by atoms with van der Waals surface area (Å²) in [6.45, 7) is 7.27. The smallest absolute Gasteiger partial charge is 0.248 e. The van der Waals surface area contributed by atoms with Crippen LogP contribution in [-0.2, 0) is 11.3 Å². The molecule has 3 aromatic rings. The molecule has 2 aromatic heterocycles. The standard InChI is InChI=1S/C25H31N5O3.H2/c1-2-32-18-20-16-21(6-7-23(20)33-15-5-14-30-12-3-4-13-30)28-25-27-11-9-22(29-25)19-8-10-26-24(31)17-19;/h6-11,16-17H,2-5,12-15,18H2,1H3,(H,26,31)(H,27,28,29);1H. The van der Waals surface area contributed by atoms with Crippen LogP contribution in [0.25, 0.3) is 11.3 Å². The number of hydrogen-bond acceptors (Lipinski definition) is 7. The SMILES string of the molecule is CCOCc1cc(Nc2nccc(-c3cc[nH]c(=O)c3)n2)ccc1OCCCN1CCCC1.[HH]. The molecular weight excluding hydrogens is 418 g/mol. The van der Waals surface area contributed by atoms with Crippen molar-refractivity contribution in [2.24, 2.45) is 0 Å². The lowest BCUT2D eigenvalue weighted by Gasteiger charge is -2.16. The molecule has 0 radical (unpaired) electrons. The van der Waals surface area contributed by atoms with Gasteiger partial charge in [-0.25, -0.2) is 9.97 Å². The van der Waals surface area contributed by atoms with E-state index in [0.717, 1.165) is 35.5 Å². The first-order chi connectivity index (χ1) is 16.2. The zero-order valence-corrected chi connectivity index (χ0v) is 19.0. The Balaban J connectivity index is 0.00000324. The Morgan fingerprint density at radius 2 is 2.06 bits per heavy atom. The largest absolute Gasteiger partial charge is 0.493 e. The van der Waals surface area contributed by atoms with Gasteiger partial charge in [0.1, 0.15) is 5.75 Å². The monoisotopic (exact) mass is 451 g/mol. The molecule has 1 aromatic carbocycles. The molecule has 0 amide bonds. The number of hydrogen-bond donors (Lipinski definition) is 2. The van der Waals surface area contributed by atoms with Crippen LogP contribution in [0.2, 0.25) is 0 Å². The molecule has 0 spiro atoms. The first-order valence-electron chi connectivity index (χ1n) is 11.6. The number of nitrogens with one attached hydrogen (secondary N) is 2. The van der Waals surface area contributed by atoms with Gasteiger partial charge < -0.3 is 24.7 Å². The molecule has 0 aliphatic carbocycles. The molecule has 8 heteroatoms. The van der Waals surface area contributed by atoms with Gasteiger partial charge in [-0.15, -0.1) is 0 Å². The van der Waals surface area contributed by atoms with Crippen molar-refractivity contribution in [2.45, 2.75) is 32.8 Å². The van der Waals surface area contributed by atoms with Crippen LogP contribution in [0.15, 0.2) is 53.6 Å². The minimum Gasteiger partial charge on any atom is -0.493 e. The fourth-order valence-corrected chi connectivity index (χ4v) is 3.91. The Kier molecular flexibility index (Phi) is 8.05. The van der Waals surface area contributed by atoms with Crippen molar-refractivity contribution in [3.63, 3.8) is 0 Å². The number of aromatic nitrogens is 3. The number of rotatable bonds is 11. The second-order valence-corrected chi connectivity index (χ2v) is 8.04. The number of benzene rings is 1. The van der Waals surface area contributed by atoms with Gasteiger partial charge >= 0.3 is 0 Å². The van der Waals surface area contributed by atoms with Gasteiger partial charge in [0, 0.05) is 49.9 Å². The van der Waals surface area contributed by atoms with Gasteiger partial charge in [-0.3, -0.25) is 4.79 Å². The van der Waals surface area contributed by atoms with E-state index >= 15 is 0 Å². The van der Waals surface area contributed by atoms with Crippen LogP contribution in [0, 0.1) is 0 Å². The zero-order chi connectivity index (χ0) is 22.9. The van der Waals surface area contributed by atoms with Gasteiger partial charge in [0.2, 0.25) is 11.5 Å². The van der Waals surface area contributed by atoms with Crippen LogP contribution in [0.5, 0.6) is 5.75 Å². The first-order valence-corrected chi connectivity index (χ1v) is 11.6. The third-order valence-electron chi connectivity index (χ3n) is 5.58. The van der Waals surface area contributed by atoms with Crippen LogP contribution in [-0.4, -0.2) is 52.7 Å². The third-order valence-corrected chi connectivity index (χ3v) is 5.58. The summed E-state index contributed by atoms with van der Waals surface area (Å²) in [5.74, 6) is 1.29. The average molecular weight is 452 g/mol. The van der Waals surface area contributed by atoms with Gasteiger partial charge in [-0.1, -0.05) is 0 Å². The molecule has 2 N–H and O–H groups in total. The Labute approximate surface area is 195 Å². The summed E-state index contributed by atoms with van der Waals surface area (Å²) in [5.41, 5.74) is 3.06. The summed E-state index contributed by atoms with van der Waals surface area (Å²) < 4.78 is 11.8. The van der Waals surface area contributed by atoms with Crippen molar-refractivity contribution in [2.75, 3.05) is 38.2 Å². The Morgan fingerprint density at radius 1 is 1.18 bits per heavy atom. The molecule has 1 aliphatic heterocycles. The van der Waals surface area contributed by atoms with E-state index in [1.54, 1.807) is 18.5 Å². The second kappa shape index (κ2) is 11.6. The molecule has 0 unspecified atom stereocenters.